The van der Waals surface area contributed by atoms with Gasteiger partial charge < -0.3 is 15.2 Å². The van der Waals surface area contributed by atoms with Gasteiger partial charge in [0.2, 0.25) is 0 Å². The maximum Gasteiger partial charge on any atom is 0.407 e. The molecule has 4 aromatic carbocycles. The van der Waals surface area contributed by atoms with Crippen molar-refractivity contribution in [1.29, 1.82) is 0 Å². The number of alkyl carbamates (subject to hydrolysis) is 1. The summed E-state index contributed by atoms with van der Waals surface area (Å²) in [5.74, 6) is -1.19. The molecule has 5 rings (SSSR count). The Labute approximate surface area is 204 Å². The second-order valence-corrected chi connectivity index (χ2v) is 8.63. The highest BCUT2D eigenvalue weighted by Crippen LogP contribution is 2.44. The number of aliphatic carboxylic acids is 1. The topological polar surface area (TPSA) is 75.6 Å². The largest absolute Gasteiger partial charge is 0.480 e. The first-order valence-electron chi connectivity index (χ1n) is 11.6. The molecule has 5 heteroatoms. The van der Waals surface area contributed by atoms with Gasteiger partial charge in [0.25, 0.3) is 0 Å². The number of rotatable bonds is 7. The molecule has 1 unspecified atom stereocenters. The van der Waals surface area contributed by atoms with Gasteiger partial charge in [-0.3, -0.25) is 0 Å². The van der Waals surface area contributed by atoms with Crippen LogP contribution in [0, 0.1) is 0 Å². The Morgan fingerprint density at radius 3 is 1.89 bits per heavy atom. The molecule has 0 fully saturated rings. The molecule has 0 saturated heterocycles. The zero-order valence-corrected chi connectivity index (χ0v) is 19.1. The number of nitrogens with one attached hydrogen (secondary N) is 1. The number of amides is 1. The van der Waals surface area contributed by atoms with Crippen LogP contribution in [-0.2, 0) is 16.0 Å². The van der Waals surface area contributed by atoms with Crippen LogP contribution in [0.15, 0.2) is 103 Å². The van der Waals surface area contributed by atoms with Crippen LogP contribution in [0.3, 0.4) is 0 Å². The van der Waals surface area contributed by atoms with Crippen LogP contribution in [-0.4, -0.2) is 29.8 Å². The van der Waals surface area contributed by atoms with Gasteiger partial charge in [0.15, 0.2) is 0 Å². The Balaban J connectivity index is 1.23. The first-order chi connectivity index (χ1) is 17.1. The summed E-state index contributed by atoms with van der Waals surface area (Å²) in [6, 6.07) is 32.7. The predicted octanol–water partition coefficient (Wildman–Crippen LogP) is 5.89. The van der Waals surface area contributed by atoms with Crippen LogP contribution in [0.5, 0.6) is 0 Å². The maximum absolute atomic E-state index is 12.6. The first kappa shape index (κ1) is 22.4. The summed E-state index contributed by atoms with van der Waals surface area (Å²) < 4.78 is 5.52. The molecule has 174 valence electrons. The first-order valence-corrected chi connectivity index (χ1v) is 11.6. The fourth-order valence-corrected chi connectivity index (χ4v) is 4.68. The molecule has 1 aliphatic carbocycles. The Kier molecular flexibility index (Phi) is 6.31. The Morgan fingerprint density at radius 1 is 0.743 bits per heavy atom. The van der Waals surface area contributed by atoms with E-state index in [9.17, 15) is 14.7 Å². The molecular formula is C30H25NO4. The molecule has 0 spiro atoms. The highest BCUT2D eigenvalue weighted by atomic mass is 16.5. The molecule has 0 saturated carbocycles. The average molecular weight is 464 g/mol. The highest BCUT2D eigenvalue weighted by Gasteiger charge is 2.29. The zero-order chi connectivity index (χ0) is 24.2. The van der Waals surface area contributed by atoms with Crippen molar-refractivity contribution in [3.05, 3.63) is 120 Å². The van der Waals surface area contributed by atoms with Crippen molar-refractivity contribution < 1.29 is 19.4 Å². The van der Waals surface area contributed by atoms with Gasteiger partial charge in [-0.1, -0.05) is 103 Å². The van der Waals surface area contributed by atoms with Crippen LogP contribution in [0.4, 0.5) is 4.79 Å². The van der Waals surface area contributed by atoms with Gasteiger partial charge in [-0.15, -0.1) is 0 Å². The summed E-state index contributed by atoms with van der Waals surface area (Å²) in [6.07, 6.45) is -0.575. The normalized spacial score (nSPS) is 12.9. The highest BCUT2D eigenvalue weighted by molar-refractivity contribution is 5.81. The zero-order valence-electron chi connectivity index (χ0n) is 19.1. The van der Waals surface area contributed by atoms with Crippen molar-refractivity contribution in [1.82, 2.24) is 5.32 Å². The molecule has 1 atom stereocenters. The number of carbonyl (C=O) groups is 2. The summed E-state index contributed by atoms with van der Waals surface area (Å²) in [5, 5.41) is 12.2. The molecule has 0 bridgehead atoms. The van der Waals surface area contributed by atoms with Gasteiger partial charge in [0.1, 0.15) is 12.6 Å². The molecule has 0 aliphatic heterocycles. The Morgan fingerprint density at radius 2 is 1.29 bits per heavy atom. The summed E-state index contributed by atoms with van der Waals surface area (Å²) in [5.41, 5.74) is 7.44. The fraction of sp³-hybridized carbons (Fsp3) is 0.133. The SMILES string of the molecule is O=C(NC(Cc1ccc(-c2ccccc2)cc1)C(=O)O)OCC1c2ccccc2-c2ccccc21. The van der Waals surface area contributed by atoms with Crippen molar-refractivity contribution in [3.8, 4) is 22.3 Å². The van der Waals surface area contributed by atoms with E-state index < -0.39 is 18.1 Å². The van der Waals surface area contributed by atoms with E-state index in [4.69, 9.17) is 4.74 Å². The van der Waals surface area contributed by atoms with Crippen molar-refractivity contribution in [2.45, 2.75) is 18.4 Å². The smallest absolute Gasteiger partial charge is 0.407 e. The molecule has 2 N–H and O–H groups in total. The van der Waals surface area contributed by atoms with Crippen LogP contribution < -0.4 is 5.32 Å². The van der Waals surface area contributed by atoms with Crippen LogP contribution in [0.25, 0.3) is 22.3 Å². The molecule has 5 nitrogen and oxygen atoms in total. The molecule has 1 aliphatic rings. The second kappa shape index (κ2) is 9.85. The molecule has 1 amide bonds. The van der Waals surface area contributed by atoms with Crippen molar-refractivity contribution >= 4 is 12.1 Å². The molecule has 0 radical (unpaired) electrons. The van der Waals surface area contributed by atoms with Crippen LogP contribution in [0.2, 0.25) is 0 Å². The van der Waals surface area contributed by atoms with Gasteiger partial charge in [-0.05, 0) is 38.9 Å². The van der Waals surface area contributed by atoms with Gasteiger partial charge >= 0.3 is 12.1 Å². The number of carboxylic acids is 1. The second-order valence-electron chi connectivity index (χ2n) is 8.63. The lowest BCUT2D eigenvalue weighted by molar-refractivity contribution is -0.139. The lowest BCUT2D eigenvalue weighted by Crippen LogP contribution is -2.42. The van der Waals surface area contributed by atoms with Gasteiger partial charge in [-0.2, -0.15) is 0 Å². The minimum absolute atomic E-state index is 0.0815. The van der Waals surface area contributed by atoms with Gasteiger partial charge in [-0.25, -0.2) is 9.59 Å². The molecular weight excluding hydrogens is 438 g/mol. The lowest BCUT2D eigenvalue weighted by atomic mass is 9.98. The number of carboxylic acid groups (broad SMARTS) is 1. The fourth-order valence-electron chi connectivity index (χ4n) is 4.68. The van der Waals surface area contributed by atoms with E-state index in [1.54, 1.807) is 0 Å². The lowest BCUT2D eigenvalue weighted by Gasteiger charge is -2.17. The molecule has 0 heterocycles. The standard InChI is InChI=1S/C30H25NO4/c32-29(33)28(18-20-14-16-22(17-15-20)21-8-2-1-3-9-21)31-30(34)35-19-27-25-12-6-4-10-23(25)24-11-5-7-13-26(24)27/h1-17,27-28H,18-19H2,(H,31,34)(H,32,33). The van der Waals surface area contributed by atoms with Crippen LogP contribution >= 0.6 is 0 Å². The van der Waals surface area contributed by atoms with Crippen LogP contribution in [0.1, 0.15) is 22.6 Å². The number of hydrogen-bond acceptors (Lipinski definition) is 3. The number of ether oxygens (including phenoxy) is 1. The summed E-state index contributed by atoms with van der Waals surface area (Å²) in [4.78, 5) is 24.4. The average Bonchev–Trinajstić information content (AvgIpc) is 3.21. The monoisotopic (exact) mass is 463 g/mol. The van der Waals surface area contributed by atoms with E-state index in [-0.39, 0.29) is 18.9 Å². The Bertz CT molecular complexity index is 1300. The van der Waals surface area contributed by atoms with Gasteiger partial charge in [0, 0.05) is 12.3 Å². The number of benzene rings is 4. The van der Waals surface area contributed by atoms with E-state index in [0.717, 1.165) is 38.9 Å². The van der Waals surface area contributed by atoms with Crippen molar-refractivity contribution in [3.63, 3.8) is 0 Å². The van der Waals surface area contributed by atoms with Crippen molar-refractivity contribution in [2.75, 3.05) is 6.61 Å². The third kappa shape index (κ3) is 4.80. The van der Waals surface area contributed by atoms with E-state index in [1.165, 1.54) is 0 Å². The predicted molar refractivity (Wildman–Crippen MR) is 135 cm³/mol. The summed E-state index contributed by atoms with van der Waals surface area (Å²) in [6.45, 7) is 0.137. The quantitative estimate of drug-likeness (QED) is 0.358. The summed E-state index contributed by atoms with van der Waals surface area (Å²) in [7, 11) is 0. The molecule has 0 aromatic heterocycles. The number of fused-ring (bicyclic) bond motifs is 3. The number of hydrogen-bond donors (Lipinski definition) is 2. The molecule has 4 aromatic rings. The van der Waals surface area contributed by atoms with E-state index in [2.05, 4.69) is 17.4 Å². The van der Waals surface area contributed by atoms with Gasteiger partial charge in [0.05, 0.1) is 0 Å². The van der Waals surface area contributed by atoms with Crippen molar-refractivity contribution in [2.24, 2.45) is 0 Å². The molecule has 35 heavy (non-hydrogen) atoms. The third-order valence-electron chi connectivity index (χ3n) is 6.43. The van der Waals surface area contributed by atoms with E-state index in [1.807, 2.05) is 91.0 Å². The van der Waals surface area contributed by atoms with E-state index >= 15 is 0 Å². The Hall–Kier alpha value is -4.38. The minimum Gasteiger partial charge on any atom is -0.480 e. The number of carbonyl (C=O) groups excluding carboxylic acids is 1. The van der Waals surface area contributed by atoms with E-state index in [0.29, 0.717) is 0 Å². The maximum atomic E-state index is 12.6. The summed E-state index contributed by atoms with van der Waals surface area (Å²) >= 11 is 0. The minimum atomic E-state index is -1.11. The third-order valence-corrected chi connectivity index (χ3v) is 6.43.